The van der Waals surface area contributed by atoms with Crippen LogP contribution in [0.3, 0.4) is 0 Å². The summed E-state index contributed by atoms with van der Waals surface area (Å²) in [5.74, 6) is 0.819. The Kier molecular flexibility index (Phi) is 4.09. The van der Waals surface area contributed by atoms with E-state index in [0.717, 1.165) is 40.2 Å². The molecule has 1 aliphatic rings. The maximum atomic E-state index is 4.63. The van der Waals surface area contributed by atoms with Crippen LogP contribution in [0.2, 0.25) is 0 Å². The smallest absolute Gasteiger partial charge is 0.158 e. The number of nitrogens with zero attached hydrogens (tertiary/aromatic N) is 3. The van der Waals surface area contributed by atoms with Gasteiger partial charge in [-0.05, 0) is 60.6 Å². The van der Waals surface area contributed by atoms with Crippen LogP contribution in [0.5, 0.6) is 0 Å². The average Bonchev–Trinajstić information content (AvgIpc) is 3.11. The van der Waals surface area contributed by atoms with Gasteiger partial charge < -0.3 is 0 Å². The molecule has 4 aromatic rings. The van der Waals surface area contributed by atoms with Crippen LogP contribution < -0.4 is 5.43 Å². The van der Waals surface area contributed by atoms with Gasteiger partial charge >= 0.3 is 0 Å². The number of anilines is 1. The van der Waals surface area contributed by atoms with E-state index in [-0.39, 0.29) is 0 Å². The highest BCUT2D eigenvalue weighted by Crippen LogP contribution is 2.38. The summed E-state index contributed by atoms with van der Waals surface area (Å²) in [7, 11) is 0. The fraction of sp³-hybridized carbons (Fsp3) is 0.227. The molecule has 1 N–H and O–H groups in total. The molecule has 2 aromatic heterocycles. The predicted octanol–water partition coefficient (Wildman–Crippen LogP) is 5.56. The molecule has 0 spiro atoms. The number of nitrogens with one attached hydrogen (secondary N) is 1. The molecule has 0 bridgehead atoms. The molecule has 27 heavy (non-hydrogen) atoms. The monoisotopic (exact) mass is 372 g/mol. The van der Waals surface area contributed by atoms with Crippen LogP contribution in [0, 0.1) is 0 Å². The number of aryl methyl sites for hydroxylation is 2. The van der Waals surface area contributed by atoms with E-state index in [1.165, 1.54) is 34.1 Å². The third-order valence-corrected chi connectivity index (χ3v) is 6.45. The van der Waals surface area contributed by atoms with E-state index in [2.05, 4.69) is 63.0 Å². The van der Waals surface area contributed by atoms with Gasteiger partial charge in [0, 0.05) is 4.88 Å². The van der Waals surface area contributed by atoms with Crippen LogP contribution >= 0.6 is 11.3 Å². The molecular formula is C22H20N4S. The number of hydrogen-bond acceptors (Lipinski definition) is 5. The van der Waals surface area contributed by atoms with Crippen LogP contribution in [0.15, 0.2) is 53.9 Å². The number of benzene rings is 2. The van der Waals surface area contributed by atoms with Gasteiger partial charge in [0.15, 0.2) is 5.82 Å². The minimum atomic E-state index is 0.819. The molecule has 0 unspecified atom stereocenters. The summed E-state index contributed by atoms with van der Waals surface area (Å²) < 4.78 is 0. The first-order valence-electron chi connectivity index (χ1n) is 9.34. The van der Waals surface area contributed by atoms with Gasteiger partial charge in [-0.15, -0.1) is 11.3 Å². The molecule has 0 atom stereocenters. The summed E-state index contributed by atoms with van der Waals surface area (Å²) in [5.41, 5.74) is 6.68. The molecule has 134 valence electrons. The topological polar surface area (TPSA) is 50.2 Å². The van der Waals surface area contributed by atoms with E-state index in [1.54, 1.807) is 17.7 Å². The lowest BCUT2D eigenvalue weighted by molar-refractivity contribution is 0.700. The highest BCUT2D eigenvalue weighted by atomic mass is 32.1. The van der Waals surface area contributed by atoms with E-state index in [4.69, 9.17) is 0 Å². The summed E-state index contributed by atoms with van der Waals surface area (Å²) in [6.45, 7) is 2.03. The van der Waals surface area contributed by atoms with E-state index in [0.29, 0.717) is 0 Å². The zero-order chi connectivity index (χ0) is 18.2. The molecule has 0 radical (unpaired) electrons. The van der Waals surface area contributed by atoms with E-state index >= 15 is 0 Å². The van der Waals surface area contributed by atoms with Gasteiger partial charge in [0.25, 0.3) is 0 Å². The van der Waals surface area contributed by atoms with E-state index < -0.39 is 0 Å². The number of aromatic nitrogens is 2. The van der Waals surface area contributed by atoms with Gasteiger partial charge in [-0.2, -0.15) is 5.10 Å². The second kappa shape index (κ2) is 6.74. The number of hydrazone groups is 1. The fourth-order valence-corrected chi connectivity index (χ4v) is 5.02. The minimum absolute atomic E-state index is 0.819. The SMILES string of the molecule is C/C(=N/Nc1ncnc2sc3c(c12)CCCC3)c1ccc2ccccc2c1. The van der Waals surface area contributed by atoms with E-state index in [9.17, 15) is 0 Å². The van der Waals surface area contributed by atoms with Crippen LogP contribution in [0.25, 0.3) is 21.0 Å². The number of hydrogen-bond donors (Lipinski definition) is 1. The molecule has 0 aliphatic heterocycles. The molecule has 0 amide bonds. The van der Waals surface area contributed by atoms with Gasteiger partial charge in [-0.1, -0.05) is 36.4 Å². The van der Waals surface area contributed by atoms with Gasteiger partial charge in [0.05, 0.1) is 11.1 Å². The summed E-state index contributed by atoms with van der Waals surface area (Å²) >= 11 is 1.81. The molecular weight excluding hydrogens is 352 g/mol. The molecule has 4 nitrogen and oxygen atoms in total. The summed E-state index contributed by atoms with van der Waals surface area (Å²) in [6, 6.07) is 14.8. The zero-order valence-corrected chi connectivity index (χ0v) is 16.0. The van der Waals surface area contributed by atoms with Crippen molar-refractivity contribution in [1.29, 1.82) is 0 Å². The van der Waals surface area contributed by atoms with Crippen LogP contribution in [-0.2, 0) is 12.8 Å². The second-order valence-electron chi connectivity index (χ2n) is 6.98. The maximum Gasteiger partial charge on any atom is 0.158 e. The van der Waals surface area contributed by atoms with Crippen molar-refractivity contribution < 1.29 is 0 Å². The first-order chi connectivity index (χ1) is 13.3. The molecule has 2 aromatic carbocycles. The first kappa shape index (κ1) is 16.4. The number of fused-ring (bicyclic) bond motifs is 4. The van der Waals surface area contributed by atoms with Crippen molar-refractivity contribution in [3.63, 3.8) is 0 Å². The zero-order valence-electron chi connectivity index (χ0n) is 15.2. The van der Waals surface area contributed by atoms with E-state index in [1.807, 2.05) is 6.92 Å². The molecule has 5 heteroatoms. The average molecular weight is 372 g/mol. The molecule has 0 saturated heterocycles. The van der Waals surface area contributed by atoms with Crippen molar-refractivity contribution in [2.24, 2.45) is 5.10 Å². The first-order valence-corrected chi connectivity index (χ1v) is 10.2. The molecule has 0 saturated carbocycles. The Morgan fingerprint density at radius 1 is 1.04 bits per heavy atom. The lowest BCUT2D eigenvalue weighted by Crippen LogP contribution is -2.03. The highest BCUT2D eigenvalue weighted by molar-refractivity contribution is 7.19. The van der Waals surface area contributed by atoms with Gasteiger partial charge in [-0.3, -0.25) is 5.43 Å². The van der Waals surface area contributed by atoms with Crippen molar-refractivity contribution in [3.05, 3.63) is 64.8 Å². The van der Waals surface area contributed by atoms with Gasteiger partial charge in [0.2, 0.25) is 0 Å². The number of rotatable bonds is 3. The Hall–Kier alpha value is -2.79. The highest BCUT2D eigenvalue weighted by Gasteiger charge is 2.19. The minimum Gasteiger partial charge on any atom is -0.260 e. The molecule has 1 aliphatic carbocycles. The number of thiophene rings is 1. The van der Waals surface area contributed by atoms with Crippen molar-refractivity contribution in [2.75, 3.05) is 5.43 Å². The molecule has 0 fully saturated rings. The van der Waals surface area contributed by atoms with Crippen molar-refractivity contribution in [1.82, 2.24) is 9.97 Å². The summed E-state index contributed by atoms with van der Waals surface area (Å²) in [5, 5.41) is 8.25. The molecule has 5 rings (SSSR count). The lowest BCUT2D eigenvalue weighted by Gasteiger charge is -2.11. The predicted molar refractivity (Wildman–Crippen MR) is 114 cm³/mol. The third-order valence-electron chi connectivity index (χ3n) is 5.25. The molecule has 2 heterocycles. The van der Waals surface area contributed by atoms with Crippen molar-refractivity contribution in [2.45, 2.75) is 32.6 Å². The fourth-order valence-electron chi connectivity index (χ4n) is 3.79. The Morgan fingerprint density at radius 3 is 2.81 bits per heavy atom. The van der Waals surface area contributed by atoms with Crippen molar-refractivity contribution in [3.8, 4) is 0 Å². The lowest BCUT2D eigenvalue weighted by atomic mass is 9.97. The Labute approximate surface area is 162 Å². The van der Waals surface area contributed by atoms with Crippen molar-refractivity contribution >= 4 is 43.9 Å². The van der Waals surface area contributed by atoms with Crippen LogP contribution in [-0.4, -0.2) is 15.7 Å². The largest absolute Gasteiger partial charge is 0.260 e. The second-order valence-corrected chi connectivity index (χ2v) is 8.07. The van der Waals surface area contributed by atoms with Crippen LogP contribution in [0.4, 0.5) is 5.82 Å². The maximum absolute atomic E-state index is 4.63. The Balaban J connectivity index is 1.50. The third kappa shape index (κ3) is 2.98. The van der Waals surface area contributed by atoms with Gasteiger partial charge in [0.1, 0.15) is 11.2 Å². The standard InChI is InChI=1S/C22H20N4S/c1-14(16-11-10-15-6-2-3-7-17(15)12-16)25-26-21-20-18-8-4-5-9-19(18)27-22(20)24-13-23-21/h2-3,6-7,10-13H,4-5,8-9H2,1H3,(H,23,24,26)/b25-14-. The Morgan fingerprint density at radius 2 is 1.89 bits per heavy atom. The van der Waals surface area contributed by atoms with Gasteiger partial charge in [-0.25, -0.2) is 9.97 Å². The summed E-state index contributed by atoms with van der Waals surface area (Å²) in [6.07, 6.45) is 6.43. The Bertz CT molecular complexity index is 1180. The quantitative estimate of drug-likeness (QED) is 0.378. The van der Waals surface area contributed by atoms with Crippen LogP contribution in [0.1, 0.15) is 35.8 Å². The summed E-state index contributed by atoms with van der Waals surface area (Å²) in [4.78, 5) is 11.5. The normalized spacial score (nSPS) is 14.5.